The molecule has 0 atom stereocenters. The SMILES string of the molecule is O=C(NCC1CCCCC1)c1ccc(-c2ccccc2)[nH]c1=O. The number of aromatic nitrogens is 1. The molecule has 0 saturated heterocycles. The Morgan fingerprint density at radius 2 is 1.78 bits per heavy atom. The molecule has 2 aromatic rings. The normalized spacial score (nSPS) is 15.3. The summed E-state index contributed by atoms with van der Waals surface area (Å²) in [5.41, 5.74) is 1.49. The summed E-state index contributed by atoms with van der Waals surface area (Å²) >= 11 is 0. The first-order chi connectivity index (χ1) is 11.2. The number of benzene rings is 1. The van der Waals surface area contributed by atoms with Crippen molar-refractivity contribution in [3.05, 3.63) is 58.4 Å². The largest absolute Gasteiger partial charge is 0.352 e. The molecule has 4 nitrogen and oxygen atoms in total. The molecule has 1 heterocycles. The molecule has 1 aliphatic carbocycles. The summed E-state index contributed by atoms with van der Waals surface area (Å²) in [6.45, 7) is 0.665. The van der Waals surface area contributed by atoms with Crippen LogP contribution < -0.4 is 10.9 Å². The van der Waals surface area contributed by atoms with E-state index in [0.717, 1.165) is 11.3 Å². The van der Waals surface area contributed by atoms with Crippen molar-refractivity contribution in [1.82, 2.24) is 10.3 Å². The van der Waals surface area contributed by atoms with Crippen LogP contribution in [0.1, 0.15) is 42.5 Å². The van der Waals surface area contributed by atoms with Crippen LogP contribution in [-0.2, 0) is 0 Å². The van der Waals surface area contributed by atoms with Gasteiger partial charge in [-0.15, -0.1) is 0 Å². The maximum atomic E-state index is 12.2. The Labute approximate surface area is 135 Å². The van der Waals surface area contributed by atoms with E-state index in [1.54, 1.807) is 12.1 Å². The number of amides is 1. The summed E-state index contributed by atoms with van der Waals surface area (Å²) in [7, 11) is 0. The molecule has 23 heavy (non-hydrogen) atoms. The molecule has 1 saturated carbocycles. The smallest absolute Gasteiger partial charge is 0.261 e. The molecule has 0 aliphatic heterocycles. The van der Waals surface area contributed by atoms with Crippen molar-refractivity contribution < 1.29 is 4.79 Å². The van der Waals surface area contributed by atoms with Gasteiger partial charge in [0.25, 0.3) is 11.5 Å². The molecule has 1 aromatic heterocycles. The van der Waals surface area contributed by atoms with Gasteiger partial charge in [0, 0.05) is 12.2 Å². The molecule has 0 radical (unpaired) electrons. The van der Waals surface area contributed by atoms with Crippen molar-refractivity contribution >= 4 is 5.91 Å². The fourth-order valence-corrected chi connectivity index (χ4v) is 3.16. The second-order valence-corrected chi connectivity index (χ2v) is 6.19. The number of H-pyrrole nitrogens is 1. The van der Waals surface area contributed by atoms with E-state index in [0.29, 0.717) is 12.5 Å². The highest BCUT2D eigenvalue weighted by Gasteiger charge is 2.16. The van der Waals surface area contributed by atoms with Gasteiger partial charge >= 0.3 is 0 Å². The van der Waals surface area contributed by atoms with Crippen LogP contribution in [0.25, 0.3) is 11.3 Å². The van der Waals surface area contributed by atoms with Crippen LogP contribution in [0.2, 0.25) is 0 Å². The van der Waals surface area contributed by atoms with Crippen molar-refractivity contribution in [2.24, 2.45) is 5.92 Å². The first kappa shape index (κ1) is 15.5. The summed E-state index contributed by atoms with van der Waals surface area (Å²) in [5, 5.41) is 2.91. The van der Waals surface area contributed by atoms with Gasteiger partial charge in [0.1, 0.15) is 5.56 Å². The van der Waals surface area contributed by atoms with Crippen molar-refractivity contribution in [3.63, 3.8) is 0 Å². The number of pyridine rings is 1. The fourth-order valence-electron chi connectivity index (χ4n) is 3.16. The molecule has 1 aromatic carbocycles. The predicted octanol–water partition coefficient (Wildman–Crippen LogP) is 3.35. The van der Waals surface area contributed by atoms with Gasteiger partial charge in [-0.3, -0.25) is 9.59 Å². The molecule has 120 valence electrons. The lowest BCUT2D eigenvalue weighted by Gasteiger charge is -2.21. The van der Waals surface area contributed by atoms with Crippen LogP contribution in [0.4, 0.5) is 0 Å². The van der Waals surface area contributed by atoms with E-state index in [2.05, 4.69) is 10.3 Å². The van der Waals surface area contributed by atoms with Gasteiger partial charge in [-0.2, -0.15) is 0 Å². The van der Waals surface area contributed by atoms with E-state index in [1.165, 1.54) is 32.1 Å². The monoisotopic (exact) mass is 310 g/mol. The quantitative estimate of drug-likeness (QED) is 0.909. The number of hydrogen-bond donors (Lipinski definition) is 2. The minimum atomic E-state index is -0.340. The van der Waals surface area contributed by atoms with Gasteiger partial charge in [0.05, 0.1) is 0 Å². The topological polar surface area (TPSA) is 62.0 Å². The molecular formula is C19H22N2O2. The molecule has 2 N–H and O–H groups in total. The molecule has 4 heteroatoms. The Hall–Kier alpha value is -2.36. The third kappa shape index (κ3) is 3.89. The van der Waals surface area contributed by atoms with Crippen LogP contribution in [-0.4, -0.2) is 17.4 Å². The van der Waals surface area contributed by atoms with Crippen LogP contribution >= 0.6 is 0 Å². The summed E-state index contributed by atoms with van der Waals surface area (Å²) in [5.74, 6) is 0.270. The molecular weight excluding hydrogens is 288 g/mol. The van der Waals surface area contributed by atoms with Gasteiger partial charge in [-0.1, -0.05) is 49.6 Å². The predicted molar refractivity (Wildman–Crippen MR) is 91.4 cm³/mol. The fraction of sp³-hybridized carbons (Fsp3) is 0.368. The van der Waals surface area contributed by atoms with Crippen molar-refractivity contribution in [3.8, 4) is 11.3 Å². The second kappa shape index (κ2) is 7.27. The number of hydrogen-bond acceptors (Lipinski definition) is 2. The highest BCUT2D eigenvalue weighted by molar-refractivity contribution is 5.94. The van der Waals surface area contributed by atoms with Crippen LogP contribution in [0, 0.1) is 5.92 Å². The minimum absolute atomic E-state index is 0.181. The van der Waals surface area contributed by atoms with Gasteiger partial charge in [0.15, 0.2) is 0 Å². The third-order valence-corrected chi connectivity index (χ3v) is 4.51. The maximum Gasteiger partial charge on any atom is 0.261 e. The molecule has 1 aliphatic rings. The third-order valence-electron chi connectivity index (χ3n) is 4.51. The summed E-state index contributed by atoms with van der Waals surface area (Å²) in [6.07, 6.45) is 6.12. The number of rotatable bonds is 4. The highest BCUT2D eigenvalue weighted by Crippen LogP contribution is 2.22. The highest BCUT2D eigenvalue weighted by atomic mass is 16.2. The van der Waals surface area contributed by atoms with Gasteiger partial charge in [0.2, 0.25) is 0 Å². The zero-order valence-corrected chi connectivity index (χ0v) is 13.2. The van der Waals surface area contributed by atoms with Crippen LogP contribution in [0.5, 0.6) is 0 Å². The average Bonchev–Trinajstić information content (AvgIpc) is 2.61. The van der Waals surface area contributed by atoms with Gasteiger partial charge in [-0.05, 0) is 36.5 Å². The lowest BCUT2D eigenvalue weighted by molar-refractivity contribution is 0.0942. The van der Waals surface area contributed by atoms with Gasteiger partial charge in [-0.25, -0.2) is 0 Å². The number of nitrogens with one attached hydrogen (secondary N) is 2. The molecule has 0 bridgehead atoms. The summed E-state index contributed by atoms with van der Waals surface area (Å²) in [6, 6.07) is 13.0. The first-order valence-corrected chi connectivity index (χ1v) is 8.31. The Bertz CT molecular complexity index is 716. The van der Waals surface area contributed by atoms with Gasteiger partial charge < -0.3 is 10.3 Å². The summed E-state index contributed by atoms with van der Waals surface area (Å²) < 4.78 is 0. The van der Waals surface area contributed by atoms with E-state index in [-0.39, 0.29) is 17.0 Å². The maximum absolute atomic E-state index is 12.2. The van der Waals surface area contributed by atoms with E-state index in [4.69, 9.17) is 0 Å². The standard InChI is InChI=1S/C19H22N2O2/c22-18(20-13-14-7-3-1-4-8-14)16-11-12-17(21-19(16)23)15-9-5-2-6-10-15/h2,5-6,9-12,14H,1,3-4,7-8,13H2,(H,20,22)(H,21,23). The van der Waals surface area contributed by atoms with Crippen molar-refractivity contribution in [2.45, 2.75) is 32.1 Å². The lowest BCUT2D eigenvalue weighted by atomic mass is 9.89. The zero-order valence-electron chi connectivity index (χ0n) is 13.2. The Balaban J connectivity index is 1.68. The minimum Gasteiger partial charge on any atom is -0.352 e. The molecule has 0 spiro atoms. The number of carbonyl (C=O) groups excluding carboxylic acids is 1. The van der Waals surface area contributed by atoms with Crippen molar-refractivity contribution in [1.29, 1.82) is 0 Å². The Kier molecular flexibility index (Phi) is 4.91. The second-order valence-electron chi connectivity index (χ2n) is 6.19. The summed E-state index contributed by atoms with van der Waals surface area (Å²) in [4.78, 5) is 27.2. The molecule has 0 unspecified atom stereocenters. The average molecular weight is 310 g/mol. The lowest BCUT2D eigenvalue weighted by Crippen LogP contribution is -2.33. The molecule has 1 fully saturated rings. The van der Waals surface area contributed by atoms with E-state index in [9.17, 15) is 9.59 Å². The van der Waals surface area contributed by atoms with E-state index in [1.807, 2.05) is 30.3 Å². The Morgan fingerprint density at radius 3 is 2.48 bits per heavy atom. The molecule has 3 rings (SSSR count). The Morgan fingerprint density at radius 1 is 1.04 bits per heavy atom. The van der Waals surface area contributed by atoms with Crippen molar-refractivity contribution in [2.75, 3.05) is 6.54 Å². The van der Waals surface area contributed by atoms with Crippen LogP contribution in [0.15, 0.2) is 47.3 Å². The first-order valence-electron chi connectivity index (χ1n) is 8.31. The van der Waals surface area contributed by atoms with E-state index >= 15 is 0 Å². The zero-order chi connectivity index (χ0) is 16.1. The van der Waals surface area contributed by atoms with E-state index < -0.39 is 0 Å². The molecule has 1 amide bonds. The number of aromatic amines is 1. The number of carbonyl (C=O) groups is 1. The van der Waals surface area contributed by atoms with Crippen LogP contribution in [0.3, 0.4) is 0 Å².